The van der Waals surface area contributed by atoms with Crippen LogP contribution in [0, 0.1) is 0 Å². The van der Waals surface area contributed by atoms with Crippen LogP contribution in [0.15, 0.2) is 47.4 Å². The molecule has 0 aliphatic carbocycles. The fraction of sp³-hybridized carbons (Fsp3) is 0.0714. The molecule has 2 N–H and O–H groups in total. The van der Waals surface area contributed by atoms with Gasteiger partial charge in [0.25, 0.3) is 15.7 Å². The maximum Gasteiger partial charge on any atom is 0.501 e. The van der Waals surface area contributed by atoms with Crippen molar-refractivity contribution in [3.63, 3.8) is 0 Å². The molecule has 128 valence electrons. The van der Waals surface area contributed by atoms with Crippen molar-refractivity contribution in [2.24, 2.45) is 0 Å². The lowest BCUT2D eigenvalue weighted by atomic mass is 10.2. The molecule has 0 aliphatic rings. The Kier molecular flexibility index (Phi) is 4.77. The van der Waals surface area contributed by atoms with Crippen LogP contribution in [0.1, 0.15) is 10.4 Å². The predicted octanol–water partition coefficient (Wildman–Crippen LogP) is 3.59. The minimum absolute atomic E-state index is 0.159. The molecule has 0 saturated heterocycles. The average Bonchev–Trinajstić information content (AvgIpc) is 2.48. The first-order valence-electron chi connectivity index (χ1n) is 6.23. The van der Waals surface area contributed by atoms with Crippen LogP contribution < -0.4 is 5.32 Å². The zero-order valence-electron chi connectivity index (χ0n) is 11.6. The molecule has 0 bridgehead atoms. The summed E-state index contributed by atoms with van der Waals surface area (Å²) in [5.74, 6) is -1.26. The summed E-state index contributed by atoms with van der Waals surface area (Å²) in [5.41, 5.74) is -5.86. The van der Waals surface area contributed by atoms with E-state index in [0.717, 1.165) is 18.2 Å². The van der Waals surface area contributed by atoms with Crippen molar-refractivity contribution >= 4 is 33.0 Å². The summed E-state index contributed by atoms with van der Waals surface area (Å²) < 4.78 is 60.4. The summed E-state index contributed by atoms with van der Waals surface area (Å²) >= 11 is 5.70. The minimum atomic E-state index is -5.54. The van der Waals surface area contributed by atoms with Crippen LogP contribution in [0.4, 0.5) is 18.9 Å². The zero-order valence-corrected chi connectivity index (χ0v) is 13.2. The number of aromatic hydroxyl groups is 1. The molecule has 2 aromatic rings. The molecular formula is C14H9ClF3NO4S. The standard InChI is InChI=1S/C14H9ClF3NO4S/c15-8-4-5-12(20)11(6-8)13(21)19-9-2-1-3-10(7-9)24(22,23)14(16,17)18/h1-7,20H,(H,19,21). The lowest BCUT2D eigenvalue weighted by Crippen LogP contribution is -2.23. The highest BCUT2D eigenvalue weighted by molar-refractivity contribution is 7.92. The molecule has 0 aliphatic heterocycles. The van der Waals surface area contributed by atoms with E-state index in [4.69, 9.17) is 11.6 Å². The van der Waals surface area contributed by atoms with Crippen LogP contribution in [0.2, 0.25) is 5.02 Å². The number of anilines is 1. The Morgan fingerprint density at radius 2 is 1.79 bits per heavy atom. The van der Waals surface area contributed by atoms with E-state index in [1.165, 1.54) is 18.2 Å². The van der Waals surface area contributed by atoms with Gasteiger partial charge in [-0.25, -0.2) is 8.42 Å². The van der Waals surface area contributed by atoms with Gasteiger partial charge in [0.1, 0.15) is 5.75 Å². The van der Waals surface area contributed by atoms with Gasteiger partial charge in [0.05, 0.1) is 10.5 Å². The summed E-state index contributed by atoms with van der Waals surface area (Å²) in [5, 5.41) is 12.0. The van der Waals surface area contributed by atoms with Gasteiger partial charge in [0.15, 0.2) is 0 Å². The molecule has 0 unspecified atom stereocenters. The van der Waals surface area contributed by atoms with Gasteiger partial charge in [-0.1, -0.05) is 17.7 Å². The molecule has 2 aromatic carbocycles. The van der Waals surface area contributed by atoms with Gasteiger partial charge in [-0.05, 0) is 36.4 Å². The first kappa shape index (κ1) is 18.1. The van der Waals surface area contributed by atoms with E-state index >= 15 is 0 Å². The number of rotatable bonds is 3. The molecule has 0 heterocycles. The molecule has 0 fully saturated rings. The van der Waals surface area contributed by atoms with Crippen LogP contribution in [-0.4, -0.2) is 24.9 Å². The van der Waals surface area contributed by atoms with Gasteiger partial charge in [0.2, 0.25) is 0 Å². The number of alkyl halides is 3. The summed E-state index contributed by atoms with van der Waals surface area (Å²) in [7, 11) is -5.54. The largest absolute Gasteiger partial charge is 0.507 e. The number of carbonyl (C=O) groups is 1. The summed E-state index contributed by atoms with van der Waals surface area (Å²) in [6.07, 6.45) is 0. The van der Waals surface area contributed by atoms with E-state index in [-0.39, 0.29) is 16.3 Å². The average molecular weight is 380 g/mol. The topological polar surface area (TPSA) is 83.5 Å². The van der Waals surface area contributed by atoms with Crippen molar-refractivity contribution in [3.8, 4) is 5.75 Å². The minimum Gasteiger partial charge on any atom is -0.507 e. The Labute approximate surface area is 139 Å². The van der Waals surface area contributed by atoms with Crippen molar-refractivity contribution in [1.29, 1.82) is 0 Å². The van der Waals surface area contributed by atoms with E-state index < -0.39 is 31.9 Å². The molecule has 1 amide bonds. The first-order chi connectivity index (χ1) is 11.0. The number of halogens is 4. The van der Waals surface area contributed by atoms with Gasteiger partial charge in [-0.2, -0.15) is 13.2 Å². The van der Waals surface area contributed by atoms with E-state index in [1.807, 2.05) is 0 Å². The SMILES string of the molecule is O=C(Nc1cccc(S(=O)(=O)C(F)(F)F)c1)c1cc(Cl)ccc1O. The first-order valence-corrected chi connectivity index (χ1v) is 8.10. The molecule has 2 rings (SSSR count). The highest BCUT2D eigenvalue weighted by Crippen LogP contribution is 2.31. The molecule has 0 atom stereocenters. The van der Waals surface area contributed by atoms with Crippen molar-refractivity contribution in [3.05, 3.63) is 53.1 Å². The molecule has 0 spiro atoms. The van der Waals surface area contributed by atoms with Gasteiger partial charge in [-0.15, -0.1) is 0 Å². The van der Waals surface area contributed by atoms with Gasteiger partial charge in [0, 0.05) is 10.7 Å². The predicted molar refractivity (Wildman–Crippen MR) is 80.8 cm³/mol. The number of benzene rings is 2. The maximum atomic E-state index is 12.6. The van der Waals surface area contributed by atoms with Crippen molar-refractivity contribution in [2.45, 2.75) is 10.4 Å². The maximum absolute atomic E-state index is 12.6. The number of hydrogen-bond acceptors (Lipinski definition) is 4. The zero-order chi connectivity index (χ0) is 18.1. The molecule has 24 heavy (non-hydrogen) atoms. The summed E-state index contributed by atoms with van der Waals surface area (Å²) in [4.78, 5) is 11.0. The van der Waals surface area contributed by atoms with E-state index in [1.54, 1.807) is 0 Å². The van der Waals surface area contributed by atoms with Crippen LogP contribution in [0.3, 0.4) is 0 Å². The van der Waals surface area contributed by atoms with E-state index in [9.17, 15) is 31.5 Å². The van der Waals surface area contributed by atoms with Crippen molar-refractivity contribution in [1.82, 2.24) is 0 Å². The third-order valence-corrected chi connectivity index (χ3v) is 4.63. The van der Waals surface area contributed by atoms with Gasteiger partial charge in [-0.3, -0.25) is 4.79 Å². The number of phenols is 1. The van der Waals surface area contributed by atoms with Crippen LogP contribution in [0.25, 0.3) is 0 Å². The Balaban J connectivity index is 2.34. The summed E-state index contributed by atoms with van der Waals surface area (Å²) in [6.45, 7) is 0. The Morgan fingerprint density at radius 1 is 1.12 bits per heavy atom. The monoisotopic (exact) mass is 379 g/mol. The number of carbonyl (C=O) groups excluding carboxylic acids is 1. The number of hydrogen-bond donors (Lipinski definition) is 2. The van der Waals surface area contributed by atoms with E-state index in [2.05, 4.69) is 5.32 Å². The molecule has 10 heteroatoms. The molecule has 5 nitrogen and oxygen atoms in total. The fourth-order valence-corrected chi connectivity index (χ4v) is 2.74. The quantitative estimate of drug-likeness (QED) is 0.853. The highest BCUT2D eigenvalue weighted by atomic mass is 35.5. The van der Waals surface area contributed by atoms with Crippen molar-refractivity contribution < 1.29 is 31.5 Å². The van der Waals surface area contributed by atoms with Gasteiger partial charge >= 0.3 is 5.51 Å². The summed E-state index contributed by atoms with van der Waals surface area (Å²) in [6, 6.07) is 7.34. The lowest BCUT2D eigenvalue weighted by molar-refractivity contribution is -0.0436. The second-order valence-corrected chi connectivity index (χ2v) is 6.97. The molecular weight excluding hydrogens is 371 g/mol. The molecule has 0 aromatic heterocycles. The number of phenolic OH excluding ortho intramolecular Hbond substituents is 1. The normalized spacial score (nSPS) is 12.0. The Morgan fingerprint density at radius 3 is 2.42 bits per heavy atom. The second-order valence-electron chi connectivity index (χ2n) is 4.59. The van der Waals surface area contributed by atoms with E-state index in [0.29, 0.717) is 6.07 Å². The lowest BCUT2D eigenvalue weighted by Gasteiger charge is -2.11. The van der Waals surface area contributed by atoms with Crippen LogP contribution >= 0.6 is 11.6 Å². The number of amides is 1. The molecule has 0 radical (unpaired) electrons. The third kappa shape index (κ3) is 3.62. The van der Waals surface area contributed by atoms with Crippen molar-refractivity contribution in [2.75, 3.05) is 5.32 Å². The third-order valence-electron chi connectivity index (χ3n) is 2.91. The smallest absolute Gasteiger partial charge is 0.501 e. The molecule has 0 saturated carbocycles. The Hall–Kier alpha value is -2.26. The van der Waals surface area contributed by atoms with Crippen LogP contribution in [0.5, 0.6) is 5.75 Å². The van der Waals surface area contributed by atoms with Gasteiger partial charge < -0.3 is 10.4 Å². The number of sulfone groups is 1. The second kappa shape index (κ2) is 6.33. The Bertz CT molecular complexity index is 897. The highest BCUT2D eigenvalue weighted by Gasteiger charge is 2.46. The fourth-order valence-electron chi connectivity index (χ4n) is 1.76. The number of nitrogens with one attached hydrogen (secondary N) is 1. The van der Waals surface area contributed by atoms with Crippen LogP contribution in [-0.2, 0) is 9.84 Å².